The Morgan fingerprint density at radius 2 is 2.19 bits per heavy atom. The third-order valence-electron chi connectivity index (χ3n) is 4.33. The van der Waals surface area contributed by atoms with Gasteiger partial charge in [-0.15, -0.1) is 0 Å². The number of allylic oxidation sites excluding steroid dienone is 4. The lowest BCUT2D eigenvalue weighted by Crippen LogP contribution is -2.52. The molecule has 0 aromatic heterocycles. The van der Waals surface area contributed by atoms with Gasteiger partial charge in [0.2, 0.25) is 0 Å². The second-order valence-corrected chi connectivity index (χ2v) is 5.41. The molecule has 0 aromatic carbocycles. The number of carbonyl (C=O) groups is 1. The Hall–Kier alpha value is -1.05. The van der Waals surface area contributed by atoms with Crippen molar-refractivity contribution < 1.29 is 9.53 Å². The van der Waals surface area contributed by atoms with Gasteiger partial charge in [-0.1, -0.05) is 38.2 Å². The third-order valence-corrected chi connectivity index (χ3v) is 4.33. The summed E-state index contributed by atoms with van der Waals surface area (Å²) < 4.78 is 5.25. The summed E-state index contributed by atoms with van der Waals surface area (Å²) in [5.41, 5.74) is -0.353. The summed E-state index contributed by atoms with van der Waals surface area (Å²) in [6.07, 6.45) is 10.3. The Kier molecular flexibility index (Phi) is 2.69. The second-order valence-electron chi connectivity index (χ2n) is 5.41. The van der Waals surface area contributed by atoms with Crippen LogP contribution in [0.3, 0.4) is 0 Å². The van der Waals surface area contributed by atoms with E-state index in [0.717, 1.165) is 12.8 Å². The average Bonchev–Trinajstić information content (AvgIpc) is 2.37. The maximum absolute atomic E-state index is 12.0. The summed E-state index contributed by atoms with van der Waals surface area (Å²) in [7, 11) is 0. The summed E-state index contributed by atoms with van der Waals surface area (Å²) in [6, 6.07) is 0. The SMILES string of the molecule is C/C=C\C=C/C(C)(C)C12CCC1COC2=O. The Bertz CT molecular complexity index is 352. The van der Waals surface area contributed by atoms with Gasteiger partial charge in [0.1, 0.15) is 0 Å². The molecule has 0 N–H and O–H groups in total. The zero-order valence-corrected chi connectivity index (χ0v) is 10.3. The maximum atomic E-state index is 12.0. The van der Waals surface area contributed by atoms with Crippen LogP contribution in [0.15, 0.2) is 24.3 Å². The van der Waals surface area contributed by atoms with Crippen LogP contribution in [0.5, 0.6) is 0 Å². The third kappa shape index (κ3) is 1.35. The van der Waals surface area contributed by atoms with Crippen LogP contribution in [0.1, 0.15) is 33.6 Å². The Morgan fingerprint density at radius 1 is 1.44 bits per heavy atom. The van der Waals surface area contributed by atoms with Crippen LogP contribution in [-0.4, -0.2) is 12.6 Å². The van der Waals surface area contributed by atoms with Gasteiger partial charge >= 0.3 is 5.97 Å². The number of rotatable bonds is 3. The van der Waals surface area contributed by atoms with Gasteiger partial charge in [0.05, 0.1) is 12.0 Å². The highest BCUT2D eigenvalue weighted by atomic mass is 16.5. The molecular weight excluding hydrogens is 200 g/mol. The molecule has 1 saturated carbocycles. The monoisotopic (exact) mass is 220 g/mol. The molecular formula is C14H20O2. The summed E-state index contributed by atoms with van der Waals surface area (Å²) >= 11 is 0. The van der Waals surface area contributed by atoms with Crippen LogP contribution in [0.25, 0.3) is 0 Å². The molecule has 2 nitrogen and oxygen atoms in total. The van der Waals surface area contributed by atoms with Crippen LogP contribution in [0.4, 0.5) is 0 Å². The van der Waals surface area contributed by atoms with Crippen LogP contribution in [0.2, 0.25) is 0 Å². The van der Waals surface area contributed by atoms with Crippen LogP contribution in [0, 0.1) is 16.7 Å². The van der Waals surface area contributed by atoms with Gasteiger partial charge in [0, 0.05) is 5.92 Å². The molecule has 1 saturated heterocycles. The molecule has 1 aliphatic carbocycles. The van der Waals surface area contributed by atoms with E-state index < -0.39 is 0 Å². The van der Waals surface area contributed by atoms with Crippen LogP contribution < -0.4 is 0 Å². The van der Waals surface area contributed by atoms with E-state index in [2.05, 4.69) is 19.9 Å². The Labute approximate surface area is 97.4 Å². The normalized spacial score (nSPS) is 34.2. The van der Waals surface area contributed by atoms with Gasteiger partial charge in [-0.05, 0) is 25.2 Å². The largest absolute Gasteiger partial charge is 0.465 e. The minimum atomic E-state index is -0.245. The molecule has 2 fully saturated rings. The zero-order chi connectivity index (χ0) is 11.8. The van der Waals surface area contributed by atoms with Gasteiger partial charge in [0.15, 0.2) is 0 Å². The molecule has 1 heterocycles. The number of cyclic esters (lactones) is 1. The molecule has 2 aliphatic rings. The lowest BCUT2D eigenvalue weighted by molar-refractivity contribution is -0.156. The molecule has 2 atom stereocenters. The summed E-state index contributed by atoms with van der Waals surface area (Å²) in [5.74, 6) is 0.448. The van der Waals surface area contributed by atoms with E-state index in [9.17, 15) is 4.79 Å². The van der Waals surface area contributed by atoms with E-state index in [1.54, 1.807) is 0 Å². The first-order valence-electron chi connectivity index (χ1n) is 6.02. The minimum Gasteiger partial charge on any atom is -0.465 e. The first-order chi connectivity index (χ1) is 7.54. The first kappa shape index (κ1) is 11.4. The number of esters is 1. The van der Waals surface area contributed by atoms with Crippen molar-refractivity contribution in [2.45, 2.75) is 33.6 Å². The Balaban J connectivity index is 2.25. The standard InChI is InChI=1S/C14H20O2/c1-4-5-6-8-13(2,3)14-9-7-11(14)10-16-12(14)15/h4-6,8,11H,7,9-10H2,1-3H3/b5-4-,8-6-. The van der Waals surface area contributed by atoms with Crippen molar-refractivity contribution in [2.75, 3.05) is 6.61 Å². The lowest BCUT2D eigenvalue weighted by Gasteiger charge is -2.50. The summed E-state index contributed by atoms with van der Waals surface area (Å²) in [4.78, 5) is 12.0. The van der Waals surface area contributed by atoms with Crippen LogP contribution >= 0.6 is 0 Å². The van der Waals surface area contributed by atoms with Gasteiger partial charge in [-0.3, -0.25) is 4.79 Å². The lowest BCUT2D eigenvalue weighted by atomic mass is 9.49. The highest BCUT2D eigenvalue weighted by Gasteiger charge is 2.64. The molecule has 0 bridgehead atoms. The predicted octanol–water partition coefficient (Wildman–Crippen LogP) is 3.10. The number of ether oxygens (including phenoxy) is 1. The van der Waals surface area contributed by atoms with Gasteiger partial charge in [-0.2, -0.15) is 0 Å². The molecule has 2 heteroatoms. The number of carbonyl (C=O) groups excluding carboxylic acids is 1. The van der Waals surface area contributed by atoms with E-state index >= 15 is 0 Å². The van der Waals surface area contributed by atoms with Gasteiger partial charge in [-0.25, -0.2) is 0 Å². The van der Waals surface area contributed by atoms with Gasteiger partial charge in [0.25, 0.3) is 0 Å². The molecule has 2 unspecified atom stereocenters. The van der Waals surface area contributed by atoms with Crippen LogP contribution in [-0.2, 0) is 9.53 Å². The quantitative estimate of drug-likeness (QED) is 0.539. The van der Waals surface area contributed by atoms with E-state index in [0.29, 0.717) is 12.5 Å². The average molecular weight is 220 g/mol. The topological polar surface area (TPSA) is 26.3 Å². The van der Waals surface area contributed by atoms with E-state index in [4.69, 9.17) is 4.74 Å². The van der Waals surface area contributed by atoms with Gasteiger partial charge < -0.3 is 4.74 Å². The Morgan fingerprint density at radius 3 is 2.69 bits per heavy atom. The highest BCUT2D eigenvalue weighted by molar-refractivity contribution is 5.82. The molecule has 2 rings (SSSR count). The van der Waals surface area contributed by atoms with E-state index in [-0.39, 0.29) is 16.8 Å². The number of fused-ring (bicyclic) bond motifs is 1. The predicted molar refractivity (Wildman–Crippen MR) is 63.9 cm³/mol. The fourth-order valence-corrected chi connectivity index (χ4v) is 3.10. The van der Waals surface area contributed by atoms with E-state index in [1.165, 1.54) is 0 Å². The fraction of sp³-hybridized carbons (Fsp3) is 0.643. The number of hydrogen-bond acceptors (Lipinski definition) is 2. The van der Waals surface area contributed by atoms with Crippen molar-refractivity contribution in [1.82, 2.24) is 0 Å². The molecule has 1 aliphatic heterocycles. The van der Waals surface area contributed by atoms with E-state index in [1.807, 2.05) is 25.2 Å². The summed E-state index contributed by atoms with van der Waals surface area (Å²) in [5, 5.41) is 0. The number of hydrogen-bond donors (Lipinski definition) is 0. The molecule has 0 amide bonds. The molecule has 16 heavy (non-hydrogen) atoms. The minimum absolute atomic E-state index is 0.0129. The molecule has 0 radical (unpaired) electrons. The first-order valence-corrected chi connectivity index (χ1v) is 6.02. The maximum Gasteiger partial charge on any atom is 0.313 e. The van der Waals surface area contributed by atoms with Crippen molar-refractivity contribution in [3.05, 3.63) is 24.3 Å². The fourth-order valence-electron chi connectivity index (χ4n) is 3.10. The zero-order valence-electron chi connectivity index (χ0n) is 10.3. The highest BCUT2D eigenvalue weighted by Crippen LogP contribution is 2.62. The van der Waals surface area contributed by atoms with Crippen molar-refractivity contribution in [3.8, 4) is 0 Å². The smallest absolute Gasteiger partial charge is 0.313 e. The van der Waals surface area contributed by atoms with Crippen molar-refractivity contribution in [2.24, 2.45) is 16.7 Å². The molecule has 0 aromatic rings. The van der Waals surface area contributed by atoms with Crippen molar-refractivity contribution in [3.63, 3.8) is 0 Å². The molecule has 88 valence electrons. The second kappa shape index (κ2) is 3.76. The molecule has 0 spiro atoms. The van der Waals surface area contributed by atoms with Crippen molar-refractivity contribution >= 4 is 5.97 Å². The van der Waals surface area contributed by atoms with Crippen molar-refractivity contribution in [1.29, 1.82) is 0 Å². The summed E-state index contributed by atoms with van der Waals surface area (Å²) in [6.45, 7) is 6.91.